The maximum absolute atomic E-state index is 10.5. The standard InChI is InChI=1S/C13H22N2O2/c1-4-9-5-6-10(7-9)13(16)12-11(17-3)8-14-15(12)2/h8-10,13,16H,4-7H2,1-3H3. The molecule has 4 heteroatoms. The van der Waals surface area contributed by atoms with E-state index in [0.29, 0.717) is 11.7 Å². The van der Waals surface area contributed by atoms with Crippen LogP contribution in [0.5, 0.6) is 5.75 Å². The molecule has 1 aliphatic rings. The lowest BCUT2D eigenvalue weighted by atomic mass is 9.95. The zero-order valence-electron chi connectivity index (χ0n) is 10.9. The van der Waals surface area contributed by atoms with E-state index >= 15 is 0 Å². The highest BCUT2D eigenvalue weighted by atomic mass is 16.5. The minimum atomic E-state index is -0.450. The summed E-state index contributed by atoms with van der Waals surface area (Å²) in [4.78, 5) is 0. The first kappa shape index (κ1) is 12.4. The third-order valence-corrected chi connectivity index (χ3v) is 4.06. The Morgan fingerprint density at radius 1 is 1.59 bits per heavy atom. The van der Waals surface area contributed by atoms with Crippen molar-refractivity contribution in [2.24, 2.45) is 18.9 Å². The summed E-state index contributed by atoms with van der Waals surface area (Å²) in [6.45, 7) is 2.23. The van der Waals surface area contributed by atoms with Gasteiger partial charge in [-0.25, -0.2) is 0 Å². The first-order valence-corrected chi connectivity index (χ1v) is 6.41. The van der Waals surface area contributed by atoms with Crippen molar-refractivity contribution in [3.05, 3.63) is 11.9 Å². The van der Waals surface area contributed by atoms with Gasteiger partial charge >= 0.3 is 0 Å². The summed E-state index contributed by atoms with van der Waals surface area (Å²) >= 11 is 0. The van der Waals surface area contributed by atoms with E-state index < -0.39 is 6.10 Å². The van der Waals surface area contributed by atoms with Crippen LogP contribution in [-0.4, -0.2) is 22.0 Å². The second kappa shape index (κ2) is 5.08. The Bertz CT molecular complexity index is 375. The smallest absolute Gasteiger partial charge is 0.162 e. The molecule has 1 aliphatic carbocycles. The van der Waals surface area contributed by atoms with Crippen molar-refractivity contribution >= 4 is 0 Å². The third kappa shape index (κ3) is 2.32. The number of aliphatic hydroxyl groups excluding tert-OH is 1. The molecule has 1 fully saturated rings. The number of methoxy groups -OCH3 is 1. The van der Waals surface area contributed by atoms with E-state index in [1.54, 1.807) is 18.0 Å². The first-order valence-electron chi connectivity index (χ1n) is 6.41. The Hall–Kier alpha value is -1.03. The van der Waals surface area contributed by atoms with E-state index in [9.17, 15) is 5.11 Å². The molecule has 96 valence electrons. The van der Waals surface area contributed by atoms with Crippen LogP contribution in [0, 0.1) is 11.8 Å². The van der Waals surface area contributed by atoms with Gasteiger partial charge in [-0.3, -0.25) is 4.68 Å². The van der Waals surface area contributed by atoms with E-state index in [2.05, 4.69) is 12.0 Å². The van der Waals surface area contributed by atoms with Gasteiger partial charge < -0.3 is 9.84 Å². The molecule has 1 heterocycles. The number of hydrogen-bond acceptors (Lipinski definition) is 3. The molecule has 4 nitrogen and oxygen atoms in total. The van der Waals surface area contributed by atoms with Gasteiger partial charge in [0.05, 0.1) is 13.3 Å². The molecular weight excluding hydrogens is 216 g/mol. The number of ether oxygens (including phenoxy) is 1. The molecule has 0 radical (unpaired) electrons. The number of aromatic nitrogens is 2. The lowest BCUT2D eigenvalue weighted by Gasteiger charge is -2.19. The quantitative estimate of drug-likeness (QED) is 0.875. The zero-order valence-corrected chi connectivity index (χ0v) is 10.9. The maximum atomic E-state index is 10.5. The van der Waals surface area contributed by atoms with Gasteiger partial charge in [0.25, 0.3) is 0 Å². The average Bonchev–Trinajstić information content (AvgIpc) is 2.94. The van der Waals surface area contributed by atoms with Crippen LogP contribution < -0.4 is 4.74 Å². The highest BCUT2D eigenvalue weighted by molar-refractivity contribution is 5.27. The maximum Gasteiger partial charge on any atom is 0.162 e. The summed E-state index contributed by atoms with van der Waals surface area (Å²) in [5, 5.41) is 14.6. The Morgan fingerprint density at radius 3 is 2.94 bits per heavy atom. The summed E-state index contributed by atoms with van der Waals surface area (Å²) in [7, 11) is 3.48. The third-order valence-electron chi connectivity index (χ3n) is 4.06. The van der Waals surface area contributed by atoms with Crippen molar-refractivity contribution in [2.75, 3.05) is 7.11 Å². The number of hydrogen-bond donors (Lipinski definition) is 1. The first-order chi connectivity index (χ1) is 8.17. The van der Waals surface area contributed by atoms with Crippen molar-refractivity contribution in [3.8, 4) is 5.75 Å². The molecule has 3 unspecified atom stereocenters. The Morgan fingerprint density at radius 2 is 2.35 bits per heavy atom. The Balaban J connectivity index is 2.14. The monoisotopic (exact) mass is 238 g/mol. The molecule has 1 N–H and O–H groups in total. The van der Waals surface area contributed by atoms with Crippen LogP contribution >= 0.6 is 0 Å². The lowest BCUT2D eigenvalue weighted by Crippen LogP contribution is -2.14. The summed E-state index contributed by atoms with van der Waals surface area (Å²) in [5.41, 5.74) is 0.814. The molecule has 1 aromatic heterocycles. The molecule has 0 amide bonds. The van der Waals surface area contributed by atoms with Crippen molar-refractivity contribution < 1.29 is 9.84 Å². The summed E-state index contributed by atoms with van der Waals surface area (Å²) in [6, 6.07) is 0. The van der Waals surface area contributed by atoms with Gasteiger partial charge in [0.1, 0.15) is 11.8 Å². The molecule has 3 atom stereocenters. The average molecular weight is 238 g/mol. The number of aliphatic hydroxyl groups is 1. The van der Waals surface area contributed by atoms with Crippen molar-refractivity contribution in [2.45, 2.75) is 38.7 Å². The van der Waals surface area contributed by atoms with E-state index in [1.807, 2.05) is 7.05 Å². The molecule has 1 saturated carbocycles. The predicted molar refractivity (Wildman–Crippen MR) is 65.8 cm³/mol. The predicted octanol–water partition coefficient (Wildman–Crippen LogP) is 2.29. The number of nitrogens with zero attached hydrogens (tertiary/aromatic N) is 2. The van der Waals surface area contributed by atoms with E-state index in [4.69, 9.17) is 4.74 Å². The molecule has 17 heavy (non-hydrogen) atoms. The normalized spacial score (nSPS) is 26.1. The van der Waals surface area contributed by atoms with Gasteiger partial charge in [-0.1, -0.05) is 19.8 Å². The highest BCUT2D eigenvalue weighted by Gasteiger charge is 2.32. The van der Waals surface area contributed by atoms with Crippen LogP contribution in [0.15, 0.2) is 6.20 Å². The largest absolute Gasteiger partial charge is 0.493 e. The summed E-state index contributed by atoms with van der Waals surface area (Å²) < 4.78 is 6.98. The van der Waals surface area contributed by atoms with Crippen LogP contribution in [0.4, 0.5) is 0 Å². The van der Waals surface area contributed by atoms with Crippen LogP contribution in [0.25, 0.3) is 0 Å². The van der Waals surface area contributed by atoms with Crippen LogP contribution in [0.3, 0.4) is 0 Å². The van der Waals surface area contributed by atoms with Gasteiger partial charge in [-0.15, -0.1) is 0 Å². The van der Waals surface area contributed by atoms with Crippen molar-refractivity contribution in [3.63, 3.8) is 0 Å². The molecule has 1 aromatic rings. The topological polar surface area (TPSA) is 47.3 Å². The van der Waals surface area contributed by atoms with Crippen LogP contribution in [0.2, 0.25) is 0 Å². The summed E-state index contributed by atoms with van der Waals surface area (Å²) in [5.74, 6) is 1.82. The highest BCUT2D eigenvalue weighted by Crippen LogP contribution is 2.42. The van der Waals surface area contributed by atoms with Crippen molar-refractivity contribution in [1.82, 2.24) is 9.78 Å². The minimum Gasteiger partial charge on any atom is -0.493 e. The fourth-order valence-corrected chi connectivity index (χ4v) is 2.92. The van der Waals surface area contributed by atoms with Crippen LogP contribution in [-0.2, 0) is 7.05 Å². The molecule has 2 rings (SSSR count). The fourth-order valence-electron chi connectivity index (χ4n) is 2.92. The Labute approximate surface area is 103 Å². The van der Waals surface area contributed by atoms with Gasteiger partial charge in [0.15, 0.2) is 5.75 Å². The molecule has 0 bridgehead atoms. The van der Waals surface area contributed by atoms with E-state index in [-0.39, 0.29) is 0 Å². The van der Waals surface area contributed by atoms with Gasteiger partial charge in [0.2, 0.25) is 0 Å². The fraction of sp³-hybridized carbons (Fsp3) is 0.769. The molecule has 0 saturated heterocycles. The molecule has 0 aromatic carbocycles. The summed E-state index contributed by atoms with van der Waals surface area (Å²) in [6.07, 6.45) is 5.89. The second-order valence-electron chi connectivity index (χ2n) is 5.01. The molecular formula is C13H22N2O2. The molecule has 0 aliphatic heterocycles. The molecule has 0 spiro atoms. The number of rotatable bonds is 4. The Kier molecular flexibility index (Phi) is 3.72. The van der Waals surface area contributed by atoms with Gasteiger partial charge in [-0.2, -0.15) is 5.10 Å². The van der Waals surface area contributed by atoms with Crippen LogP contribution in [0.1, 0.15) is 44.4 Å². The van der Waals surface area contributed by atoms with E-state index in [1.165, 1.54) is 12.8 Å². The zero-order chi connectivity index (χ0) is 12.4. The lowest BCUT2D eigenvalue weighted by molar-refractivity contribution is 0.0979. The van der Waals surface area contributed by atoms with Gasteiger partial charge in [-0.05, 0) is 24.7 Å². The van der Waals surface area contributed by atoms with Crippen molar-refractivity contribution in [1.29, 1.82) is 0 Å². The minimum absolute atomic E-state index is 0.351. The number of aryl methyl sites for hydroxylation is 1. The SMILES string of the molecule is CCC1CCC(C(O)c2c(OC)cnn2C)C1. The van der Waals surface area contributed by atoms with E-state index in [0.717, 1.165) is 24.5 Å². The second-order valence-corrected chi connectivity index (χ2v) is 5.01. The van der Waals surface area contributed by atoms with Gasteiger partial charge in [0, 0.05) is 7.05 Å².